The summed E-state index contributed by atoms with van der Waals surface area (Å²) in [5.41, 5.74) is 6.77. The fraction of sp³-hybridized carbons (Fsp3) is 1.00. The Morgan fingerprint density at radius 3 is 1.60 bits per heavy atom. The molecule has 0 saturated heterocycles. The molecule has 0 radical (unpaired) electrons. The van der Waals surface area contributed by atoms with Gasteiger partial charge in [0.15, 0.2) is 0 Å². The number of hydrogen-bond donors (Lipinski definition) is 1. The highest BCUT2D eigenvalue weighted by Gasteiger charge is 2.42. The van der Waals surface area contributed by atoms with E-state index in [4.69, 9.17) is 5.73 Å². The molecule has 0 aromatic heterocycles. The molecule has 0 bridgehead atoms. The van der Waals surface area contributed by atoms with Gasteiger partial charge in [-0.3, -0.25) is 0 Å². The zero-order valence-electron chi connectivity index (χ0n) is 12.0. The van der Waals surface area contributed by atoms with Crippen LogP contribution in [-0.2, 0) is 0 Å². The first-order valence-corrected chi connectivity index (χ1v) is 6.34. The number of nitrogens with two attached hydrogens (primary N) is 1. The van der Waals surface area contributed by atoms with Crippen LogP contribution in [0.4, 0.5) is 0 Å². The van der Waals surface area contributed by atoms with Crippen molar-refractivity contribution in [3.63, 3.8) is 0 Å². The average molecular weight is 213 g/mol. The van der Waals surface area contributed by atoms with Gasteiger partial charge in [0.1, 0.15) is 0 Å². The topological polar surface area (TPSA) is 26.0 Å². The summed E-state index contributed by atoms with van der Waals surface area (Å²) in [5.74, 6) is 1.77. The molecule has 0 rings (SSSR count). The molecule has 0 aliphatic rings. The van der Waals surface area contributed by atoms with Crippen LogP contribution in [0, 0.1) is 23.2 Å². The van der Waals surface area contributed by atoms with Crippen molar-refractivity contribution in [3.05, 3.63) is 0 Å². The zero-order chi connectivity index (χ0) is 12.4. The number of hydrogen-bond acceptors (Lipinski definition) is 1. The highest BCUT2D eigenvalue weighted by molar-refractivity contribution is 4.97. The quantitative estimate of drug-likeness (QED) is 0.748. The minimum absolute atomic E-state index is 0.0757. The smallest absolute Gasteiger partial charge is 0.0185 e. The van der Waals surface area contributed by atoms with Gasteiger partial charge in [-0.15, -0.1) is 0 Å². The van der Waals surface area contributed by atoms with Crippen LogP contribution in [0.3, 0.4) is 0 Å². The van der Waals surface area contributed by atoms with Crippen LogP contribution in [0.15, 0.2) is 0 Å². The van der Waals surface area contributed by atoms with Gasteiger partial charge in [-0.05, 0) is 30.1 Å². The molecule has 0 saturated carbocycles. The normalized spacial score (nSPS) is 21.2. The third kappa shape index (κ3) is 3.48. The Balaban J connectivity index is 5.12. The van der Waals surface area contributed by atoms with Gasteiger partial charge in [0.05, 0.1) is 0 Å². The maximum absolute atomic E-state index is 6.57. The molecular formula is C14H31N. The molecular weight excluding hydrogens is 182 g/mol. The minimum atomic E-state index is -0.0757. The Hall–Kier alpha value is -0.0400. The predicted octanol–water partition coefficient (Wildman–Crippen LogP) is 4.07. The summed E-state index contributed by atoms with van der Waals surface area (Å²) >= 11 is 0. The van der Waals surface area contributed by atoms with Crippen molar-refractivity contribution in [1.82, 2.24) is 0 Å². The van der Waals surface area contributed by atoms with Crippen molar-refractivity contribution in [2.24, 2.45) is 28.9 Å². The first kappa shape index (κ1) is 15.0. The summed E-state index contributed by atoms with van der Waals surface area (Å²) in [7, 11) is 0. The van der Waals surface area contributed by atoms with E-state index in [-0.39, 0.29) is 11.0 Å². The van der Waals surface area contributed by atoms with Gasteiger partial charge in [-0.2, -0.15) is 0 Å². The summed E-state index contributed by atoms with van der Waals surface area (Å²) in [5, 5.41) is 0. The lowest BCUT2D eigenvalue weighted by Crippen LogP contribution is -2.55. The Morgan fingerprint density at radius 1 is 1.00 bits per heavy atom. The average Bonchev–Trinajstić information content (AvgIpc) is 2.00. The zero-order valence-corrected chi connectivity index (χ0v) is 12.0. The molecule has 2 unspecified atom stereocenters. The van der Waals surface area contributed by atoms with Crippen LogP contribution in [0.2, 0.25) is 0 Å². The first-order valence-electron chi connectivity index (χ1n) is 6.34. The standard InChI is InChI=1S/C14H31N/c1-9-11(4)12(13(5,6)7)14(8,15)10(2)3/h10-12H,9,15H2,1-8H3/t11-,12?,14?/m1/s1. The summed E-state index contributed by atoms with van der Waals surface area (Å²) < 4.78 is 0. The second-order valence-corrected chi connectivity index (χ2v) is 6.75. The van der Waals surface area contributed by atoms with Crippen LogP contribution >= 0.6 is 0 Å². The molecule has 0 fully saturated rings. The molecule has 3 atom stereocenters. The minimum Gasteiger partial charge on any atom is -0.325 e. The van der Waals surface area contributed by atoms with Crippen molar-refractivity contribution >= 4 is 0 Å². The second kappa shape index (κ2) is 4.86. The summed E-state index contributed by atoms with van der Waals surface area (Å²) in [6.07, 6.45) is 1.21. The molecule has 15 heavy (non-hydrogen) atoms. The van der Waals surface area contributed by atoms with E-state index in [0.717, 1.165) is 0 Å². The van der Waals surface area contributed by atoms with Crippen molar-refractivity contribution in [2.75, 3.05) is 0 Å². The van der Waals surface area contributed by atoms with E-state index in [9.17, 15) is 0 Å². The lowest BCUT2D eigenvalue weighted by Gasteiger charge is -2.48. The van der Waals surface area contributed by atoms with Crippen molar-refractivity contribution in [1.29, 1.82) is 0 Å². The van der Waals surface area contributed by atoms with Gasteiger partial charge in [-0.25, -0.2) is 0 Å². The summed E-state index contributed by atoms with van der Waals surface area (Å²) in [4.78, 5) is 0. The van der Waals surface area contributed by atoms with E-state index < -0.39 is 0 Å². The molecule has 92 valence electrons. The van der Waals surface area contributed by atoms with Gasteiger partial charge >= 0.3 is 0 Å². The van der Waals surface area contributed by atoms with E-state index in [2.05, 4.69) is 55.4 Å². The highest BCUT2D eigenvalue weighted by Crippen LogP contribution is 2.43. The van der Waals surface area contributed by atoms with E-state index in [1.54, 1.807) is 0 Å². The Kier molecular flexibility index (Phi) is 4.85. The molecule has 0 aliphatic carbocycles. The predicted molar refractivity (Wildman–Crippen MR) is 69.8 cm³/mol. The molecule has 2 N–H and O–H groups in total. The van der Waals surface area contributed by atoms with E-state index >= 15 is 0 Å². The number of rotatable bonds is 4. The van der Waals surface area contributed by atoms with Crippen LogP contribution < -0.4 is 5.73 Å². The summed E-state index contributed by atoms with van der Waals surface area (Å²) in [6.45, 7) is 18.2. The molecule has 1 nitrogen and oxygen atoms in total. The maximum atomic E-state index is 6.57. The van der Waals surface area contributed by atoms with E-state index in [1.807, 2.05) is 0 Å². The Morgan fingerprint density at radius 2 is 1.40 bits per heavy atom. The van der Waals surface area contributed by atoms with Crippen molar-refractivity contribution in [3.8, 4) is 0 Å². The molecule has 0 heterocycles. The highest BCUT2D eigenvalue weighted by atomic mass is 14.8. The van der Waals surface area contributed by atoms with Crippen molar-refractivity contribution < 1.29 is 0 Å². The maximum Gasteiger partial charge on any atom is 0.0185 e. The Labute approximate surface area is 96.8 Å². The molecule has 0 spiro atoms. The van der Waals surface area contributed by atoms with Gasteiger partial charge in [0.25, 0.3) is 0 Å². The third-order valence-electron chi connectivity index (χ3n) is 4.06. The van der Waals surface area contributed by atoms with Gasteiger partial charge in [-0.1, -0.05) is 54.9 Å². The lowest BCUT2D eigenvalue weighted by atomic mass is 9.60. The largest absolute Gasteiger partial charge is 0.325 e. The fourth-order valence-electron chi connectivity index (χ4n) is 2.99. The molecule has 0 aliphatic heterocycles. The first-order chi connectivity index (χ1) is 6.55. The third-order valence-corrected chi connectivity index (χ3v) is 4.06. The molecule has 0 aromatic rings. The van der Waals surface area contributed by atoms with Crippen LogP contribution in [0.5, 0.6) is 0 Å². The summed E-state index contributed by atoms with van der Waals surface area (Å²) in [6, 6.07) is 0. The molecule has 0 amide bonds. The fourth-order valence-corrected chi connectivity index (χ4v) is 2.99. The van der Waals surface area contributed by atoms with Crippen LogP contribution in [0.25, 0.3) is 0 Å². The SMILES string of the molecule is CC[C@@H](C)C(C(C)(C)C)C(C)(N)C(C)C. The van der Waals surface area contributed by atoms with E-state index in [1.165, 1.54) is 6.42 Å². The monoisotopic (exact) mass is 213 g/mol. The van der Waals surface area contributed by atoms with Crippen LogP contribution in [-0.4, -0.2) is 5.54 Å². The second-order valence-electron chi connectivity index (χ2n) is 6.75. The van der Waals surface area contributed by atoms with Crippen LogP contribution in [0.1, 0.15) is 61.8 Å². The van der Waals surface area contributed by atoms with Gasteiger partial charge in [0.2, 0.25) is 0 Å². The lowest BCUT2D eigenvalue weighted by molar-refractivity contribution is 0.0524. The molecule has 0 aromatic carbocycles. The van der Waals surface area contributed by atoms with E-state index in [0.29, 0.717) is 17.8 Å². The van der Waals surface area contributed by atoms with Gasteiger partial charge < -0.3 is 5.73 Å². The Bertz CT molecular complexity index is 186. The molecule has 1 heteroatoms. The van der Waals surface area contributed by atoms with Crippen molar-refractivity contribution in [2.45, 2.75) is 67.3 Å². The van der Waals surface area contributed by atoms with Gasteiger partial charge in [0, 0.05) is 5.54 Å².